The molecule has 30 heavy (non-hydrogen) atoms. The summed E-state index contributed by atoms with van der Waals surface area (Å²) < 4.78 is 55.4. The molecular formula is C20H19F4N5O. The molecule has 2 fully saturated rings. The molecule has 0 radical (unpaired) electrons. The van der Waals surface area contributed by atoms with Crippen molar-refractivity contribution in [3.05, 3.63) is 48.3 Å². The van der Waals surface area contributed by atoms with E-state index >= 15 is 0 Å². The summed E-state index contributed by atoms with van der Waals surface area (Å²) in [7, 11) is 0. The van der Waals surface area contributed by atoms with Crippen molar-refractivity contribution < 1.29 is 22.4 Å². The Labute approximate surface area is 169 Å². The number of likely N-dealkylation sites (tertiary alicyclic amines) is 1. The third kappa shape index (κ3) is 3.27. The topological polar surface area (TPSA) is 63.4 Å². The highest BCUT2D eigenvalue weighted by molar-refractivity contribution is 5.91. The molecule has 6 nitrogen and oxygen atoms in total. The summed E-state index contributed by atoms with van der Waals surface area (Å²) >= 11 is 0. The van der Waals surface area contributed by atoms with Gasteiger partial charge in [-0.1, -0.05) is 6.08 Å². The van der Waals surface area contributed by atoms with Crippen molar-refractivity contribution in [1.82, 2.24) is 24.5 Å². The number of nitrogens with zero attached hydrogens (tertiary/aromatic N) is 5. The molecule has 2 aliphatic carbocycles. The van der Waals surface area contributed by atoms with Gasteiger partial charge in [0, 0.05) is 25.5 Å². The van der Waals surface area contributed by atoms with Crippen LogP contribution >= 0.6 is 0 Å². The fourth-order valence-corrected chi connectivity index (χ4v) is 5.22. The van der Waals surface area contributed by atoms with Crippen LogP contribution in [0.5, 0.6) is 0 Å². The monoisotopic (exact) mass is 421 g/mol. The Kier molecular flexibility index (Phi) is 4.41. The van der Waals surface area contributed by atoms with Crippen molar-refractivity contribution in [2.24, 2.45) is 29.6 Å². The second kappa shape index (κ2) is 6.88. The minimum atomic E-state index is -4.40. The number of alkyl halides is 3. The SMILES string of the molecule is O=C(c1nc2ncccn2n1)N1C[C@H]2CC(C3C=C(F)C=CC3C(F)(F)F)C[C@H]2C1. The maximum absolute atomic E-state index is 13.7. The van der Waals surface area contributed by atoms with Crippen LogP contribution in [-0.2, 0) is 0 Å². The van der Waals surface area contributed by atoms with E-state index in [4.69, 9.17) is 0 Å². The van der Waals surface area contributed by atoms with Crippen LogP contribution in [0.4, 0.5) is 17.6 Å². The molecule has 1 amide bonds. The van der Waals surface area contributed by atoms with Crippen LogP contribution < -0.4 is 0 Å². The number of carbonyl (C=O) groups excluding carboxylic acids is 1. The summed E-state index contributed by atoms with van der Waals surface area (Å²) in [5, 5.41) is 4.15. The highest BCUT2D eigenvalue weighted by atomic mass is 19.4. The minimum absolute atomic E-state index is 0.0600. The third-order valence-corrected chi connectivity index (χ3v) is 6.53. The molecule has 1 saturated carbocycles. The average Bonchev–Trinajstić information content (AvgIpc) is 3.38. The van der Waals surface area contributed by atoms with Crippen molar-refractivity contribution in [2.45, 2.75) is 19.0 Å². The lowest BCUT2D eigenvalue weighted by atomic mass is 9.77. The molecule has 158 valence electrons. The Hall–Kier alpha value is -2.78. The molecule has 5 atom stereocenters. The number of rotatable bonds is 2. The van der Waals surface area contributed by atoms with Crippen molar-refractivity contribution >= 4 is 11.7 Å². The molecule has 5 rings (SSSR count). The zero-order chi connectivity index (χ0) is 21.0. The fourth-order valence-electron chi connectivity index (χ4n) is 5.22. The molecule has 1 saturated heterocycles. The lowest BCUT2D eigenvalue weighted by molar-refractivity contribution is -0.174. The molecule has 0 bridgehead atoms. The summed E-state index contributed by atoms with van der Waals surface area (Å²) in [6.45, 7) is 0.906. The molecule has 3 heterocycles. The van der Waals surface area contributed by atoms with E-state index in [0.29, 0.717) is 31.7 Å². The van der Waals surface area contributed by atoms with E-state index in [9.17, 15) is 22.4 Å². The molecule has 1 aliphatic heterocycles. The van der Waals surface area contributed by atoms with Gasteiger partial charge in [-0.15, -0.1) is 5.10 Å². The van der Waals surface area contributed by atoms with E-state index in [1.54, 1.807) is 23.4 Å². The zero-order valence-electron chi connectivity index (χ0n) is 15.8. The number of amides is 1. The lowest BCUT2D eigenvalue weighted by Gasteiger charge is -2.32. The van der Waals surface area contributed by atoms with Crippen LogP contribution in [0.15, 0.2) is 42.5 Å². The summed E-state index contributed by atoms with van der Waals surface area (Å²) in [5.74, 6) is -3.12. The first-order valence-corrected chi connectivity index (χ1v) is 9.88. The summed E-state index contributed by atoms with van der Waals surface area (Å²) in [5.41, 5.74) is 0. The Balaban J connectivity index is 1.28. The van der Waals surface area contributed by atoms with Gasteiger partial charge in [0.15, 0.2) is 0 Å². The third-order valence-electron chi connectivity index (χ3n) is 6.53. The van der Waals surface area contributed by atoms with E-state index < -0.39 is 23.8 Å². The molecule has 3 aliphatic rings. The van der Waals surface area contributed by atoms with E-state index in [-0.39, 0.29) is 29.5 Å². The first kappa shape index (κ1) is 19.2. The van der Waals surface area contributed by atoms with Crippen LogP contribution in [0.25, 0.3) is 5.78 Å². The van der Waals surface area contributed by atoms with Gasteiger partial charge in [0.1, 0.15) is 5.83 Å². The van der Waals surface area contributed by atoms with Gasteiger partial charge in [-0.25, -0.2) is 13.9 Å². The smallest absolute Gasteiger partial charge is 0.335 e. The maximum atomic E-state index is 13.7. The second-order valence-electron chi connectivity index (χ2n) is 8.32. The highest BCUT2D eigenvalue weighted by Crippen LogP contribution is 2.50. The number of carbonyl (C=O) groups is 1. The Bertz CT molecular complexity index is 998. The average molecular weight is 421 g/mol. The zero-order valence-corrected chi connectivity index (χ0v) is 15.8. The summed E-state index contributed by atoms with van der Waals surface area (Å²) in [4.78, 5) is 22.7. The molecule has 0 aromatic carbocycles. The number of hydrogen-bond donors (Lipinski definition) is 0. The van der Waals surface area contributed by atoms with Crippen LogP contribution in [0.1, 0.15) is 23.5 Å². The maximum Gasteiger partial charge on any atom is 0.395 e. The summed E-state index contributed by atoms with van der Waals surface area (Å²) in [6.07, 6.45) is 2.87. The van der Waals surface area contributed by atoms with Crippen molar-refractivity contribution in [1.29, 1.82) is 0 Å². The van der Waals surface area contributed by atoms with Gasteiger partial charge in [0.05, 0.1) is 5.92 Å². The first-order chi connectivity index (χ1) is 14.3. The Morgan fingerprint density at radius 3 is 2.53 bits per heavy atom. The Morgan fingerprint density at radius 1 is 1.13 bits per heavy atom. The predicted octanol–water partition coefficient (Wildman–Crippen LogP) is 3.44. The van der Waals surface area contributed by atoms with Crippen molar-refractivity contribution in [3.8, 4) is 0 Å². The van der Waals surface area contributed by atoms with E-state index in [1.165, 1.54) is 4.52 Å². The number of fused-ring (bicyclic) bond motifs is 2. The number of aromatic nitrogens is 4. The van der Waals surface area contributed by atoms with E-state index in [1.807, 2.05) is 0 Å². The van der Waals surface area contributed by atoms with Gasteiger partial charge in [0.2, 0.25) is 5.82 Å². The summed E-state index contributed by atoms with van der Waals surface area (Å²) in [6, 6.07) is 1.68. The molecule has 2 aromatic heterocycles. The van der Waals surface area contributed by atoms with Gasteiger partial charge in [-0.2, -0.15) is 18.2 Å². The molecule has 0 N–H and O–H groups in total. The standard InChI is InChI=1S/C20H19F4N5O/c21-14-2-3-16(20(22,23)24)15(8-14)11-6-12-9-28(10-13(12)7-11)18(30)17-26-19-25-4-1-5-29(19)27-17/h1-5,8,11-13,15-16H,6-7,9-10H2/t11?,12-,13+,15?,16?. The van der Waals surface area contributed by atoms with Gasteiger partial charge in [0.25, 0.3) is 11.7 Å². The first-order valence-electron chi connectivity index (χ1n) is 9.88. The number of hydrogen-bond acceptors (Lipinski definition) is 4. The molecular weight excluding hydrogens is 402 g/mol. The lowest BCUT2D eigenvalue weighted by Crippen LogP contribution is -2.35. The fraction of sp³-hybridized carbons (Fsp3) is 0.500. The van der Waals surface area contributed by atoms with Crippen molar-refractivity contribution in [2.75, 3.05) is 13.1 Å². The van der Waals surface area contributed by atoms with E-state index in [2.05, 4.69) is 15.1 Å². The van der Waals surface area contributed by atoms with Gasteiger partial charge in [-0.05, 0) is 54.7 Å². The van der Waals surface area contributed by atoms with E-state index in [0.717, 1.165) is 18.2 Å². The predicted molar refractivity (Wildman–Crippen MR) is 97.8 cm³/mol. The number of allylic oxidation sites excluding steroid dienone is 4. The van der Waals surface area contributed by atoms with Crippen LogP contribution in [0, 0.1) is 29.6 Å². The van der Waals surface area contributed by atoms with Gasteiger partial charge >= 0.3 is 6.18 Å². The van der Waals surface area contributed by atoms with Gasteiger partial charge in [-0.3, -0.25) is 4.79 Å². The highest BCUT2D eigenvalue weighted by Gasteiger charge is 2.51. The van der Waals surface area contributed by atoms with Gasteiger partial charge < -0.3 is 4.90 Å². The van der Waals surface area contributed by atoms with Crippen LogP contribution in [0.3, 0.4) is 0 Å². The Morgan fingerprint density at radius 2 is 1.87 bits per heavy atom. The quantitative estimate of drug-likeness (QED) is 0.697. The molecule has 0 spiro atoms. The molecule has 10 heteroatoms. The molecule has 2 aromatic rings. The number of halogens is 4. The van der Waals surface area contributed by atoms with Crippen LogP contribution in [-0.4, -0.2) is 49.7 Å². The van der Waals surface area contributed by atoms with Crippen molar-refractivity contribution in [3.63, 3.8) is 0 Å². The normalized spacial score (nSPS) is 31.3. The largest absolute Gasteiger partial charge is 0.395 e. The second-order valence-corrected chi connectivity index (χ2v) is 8.32. The van der Waals surface area contributed by atoms with Crippen LogP contribution in [0.2, 0.25) is 0 Å². The molecule has 3 unspecified atom stereocenters. The minimum Gasteiger partial charge on any atom is -0.335 e.